The summed E-state index contributed by atoms with van der Waals surface area (Å²) < 4.78 is 0. The van der Waals surface area contributed by atoms with Crippen LogP contribution in [0.5, 0.6) is 0 Å². The number of anilines is 1. The van der Waals surface area contributed by atoms with Gasteiger partial charge in [-0.05, 0) is 31.0 Å². The topological polar surface area (TPSA) is 105 Å². The molecule has 0 unspecified atom stereocenters. The van der Waals surface area contributed by atoms with Crippen molar-refractivity contribution < 1.29 is 14.5 Å². The molecule has 1 fully saturated rings. The van der Waals surface area contributed by atoms with Crippen molar-refractivity contribution in [1.82, 2.24) is 5.43 Å². The molecule has 1 atom stereocenters. The molecule has 28 heavy (non-hydrogen) atoms. The van der Waals surface area contributed by atoms with Gasteiger partial charge in [0.1, 0.15) is 0 Å². The Hall–Kier alpha value is -3.55. The van der Waals surface area contributed by atoms with Crippen molar-refractivity contribution in [2.24, 2.45) is 11.0 Å². The van der Waals surface area contributed by atoms with Crippen LogP contribution in [-0.4, -0.2) is 29.5 Å². The van der Waals surface area contributed by atoms with E-state index in [0.717, 1.165) is 16.8 Å². The minimum atomic E-state index is -0.505. The molecule has 1 aliphatic heterocycles. The van der Waals surface area contributed by atoms with Crippen LogP contribution in [0.25, 0.3) is 0 Å². The van der Waals surface area contributed by atoms with Crippen LogP contribution in [0.15, 0.2) is 47.6 Å². The lowest BCUT2D eigenvalue weighted by molar-refractivity contribution is -0.384. The Bertz CT molecular complexity index is 970. The van der Waals surface area contributed by atoms with E-state index in [-0.39, 0.29) is 23.9 Å². The number of nitro groups is 1. The summed E-state index contributed by atoms with van der Waals surface area (Å²) in [6, 6.07) is 11.8. The second-order valence-electron chi connectivity index (χ2n) is 6.78. The third-order valence-electron chi connectivity index (χ3n) is 4.62. The Kier molecular flexibility index (Phi) is 5.49. The number of hydrazone groups is 1. The SMILES string of the molecule is Cc1ccc(C)c(N2C[C@@H](C(=O)N/N=C\c3cccc([N+](=O)[O-])c3)CC2=O)c1. The van der Waals surface area contributed by atoms with Gasteiger partial charge in [0.2, 0.25) is 11.8 Å². The third kappa shape index (κ3) is 4.22. The van der Waals surface area contributed by atoms with E-state index in [1.807, 2.05) is 32.0 Å². The monoisotopic (exact) mass is 380 g/mol. The molecule has 3 rings (SSSR count). The second-order valence-corrected chi connectivity index (χ2v) is 6.78. The van der Waals surface area contributed by atoms with Crippen molar-refractivity contribution in [2.45, 2.75) is 20.3 Å². The summed E-state index contributed by atoms with van der Waals surface area (Å²) in [5, 5.41) is 14.7. The van der Waals surface area contributed by atoms with Crippen molar-refractivity contribution in [3.63, 3.8) is 0 Å². The second kappa shape index (κ2) is 7.99. The predicted octanol–water partition coefficient (Wildman–Crippen LogP) is 2.71. The summed E-state index contributed by atoms with van der Waals surface area (Å²) in [6.07, 6.45) is 1.45. The number of nitrogens with one attached hydrogen (secondary N) is 1. The lowest BCUT2D eigenvalue weighted by Crippen LogP contribution is -2.30. The standard InChI is InChI=1S/C20H20N4O4/c1-13-6-7-14(2)18(8-13)23-12-16(10-19(23)25)20(26)22-21-11-15-4-3-5-17(9-15)24(27)28/h3-9,11,16H,10,12H2,1-2H3,(H,22,26)/b21-11-/t16-/m0/s1. The van der Waals surface area contributed by atoms with Crippen molar-refractivity contribution >= 4 is 29.4 Å². The molecule has 1 N–H and O–H groups in total. The van der Waals surface area contributed by atoms with E-state index in [1.165, 1.54) is 18.3 Å². The van der Waals surface area contributed by atoms with Crippen LogP contribution in [0.4, 0.5) is 11.4 Å². The van der Waals surface area contributed by atoms with Crippen molar-refractivity contribution in [3.05, 3.63) is 69.3 Å². The van der Waals surface area contributed by atoms with Gasteiger partial charge in [-0.1, -0.05) is 24.3 Å². The Balaban J connectivity index is 1.64. The summed E-state index contributed by atoms with van der Waals surface area (Å²) in [6.45, 7) is 4.18. The van der Waals surface area contributed by atoms with Gasteiger partial charge in [-0.3, -0.25) is 19.7 Å². The number of rotatable bonds is 5. The first-order chi connectivity index (χ1) is 13.3. The summed E-state index contributed by atoms with van der Waals surface area (Å²) >= 11 is 0. The molecular formula is C20H20N4O4. The van der Waals surface area contributed by atoms with Gasteiger partial charge < -0.3 is 4.90 Å². The van der Waals surface area contributed by atoms with E-state index >= 15 is 0 Å². The molecule has 2 aromatic rings. The molecule has 8 nitrogen and oxygen atoms in total. The molecule has 0 spiro atoms. The molecule has 0 saturated carbocycles. The molecule has 0 aliphatic carbocycles. The van der Waals surface area contributed by atoms with Gasteiger partial charge in [-0.25, -0.2) is 5.43 Å². The van der Waals surface area contributed by atoms with Crippen molar-refractivity contribution in [1.29, 1.82) is 0 Å². The lowest BCUT2D eigenvalue weighted by Gasteiger charge is -2.19. The fourth-order valence-corrected chi connectivity index (χ4v) is 3.11. The summed E-state index contributed by atoms with van der Waals surface area (Å²) in [5.41, 5.74) is 5.70. The first kappa shape index (κ1) is 19.2. The molecule has 0 bridgehead atoms. The Morgan fingerprint density at radius 1 is 1.29 bits per heavy atom. The average molecular weight is 380 g/mol. The molecule has 8 heteroatoms. The van der Waals surface area contributed by atoms with E-state index in [0.29, 0.717) is 12.1 Å². The highest BCUT2D eigenvalue weighted by Crippen LogP contribution is 2.28. The Morgan fingerprint density at radius 2 is 2.07 bits per heavy atom. The molecule has 0 aromatic heterocycles. The largest absolute Gasteiger partial charge is 0.311 e. The number of aryl methyl sites for hydroxylation is 2. The van der Waals surface area contributed by atoms with Crippen LogP contribution >= 0.6 is 0 Å². The maximum absolute atomic E-state index is 12.4. The van der Waals surface area contributed by atoms with Gasteiger partial charge in [0, 0.05) is 36.3 Å². The minimum Gasteiger partial charge on any atom is -0.311 e. The minimum absolute atomic E-state index is 0.0548. The zero-order valence-electron chi connectivity index (χ0n) is 15.6. The van der Waals surface area contributed by atoms with Gasteiger partial charge in [-0.2, -0.15) is 5.10 Å². The van der Waals surface area contributed by atoms with Crippen LogP contribution in [0, 0.1) is 29.9 Å². The van der Waals surface area contributed by atoms with Crippen LogP contribution in [0.2, 0.25) is 0 Å². The van der Waals surface area contributed by atoms with Crippen molar-refractivity contribution in [2.75, 3.05) is 11.4 Å². The number of benzene rings is 2. The molecule has 144 valence electrons. The summed E-state index contributed by atoms with van der Waals surface area (Å²) in [5.74, 6) is -0.964. The van der Waals surface area contributed by atoms with Crippen LogP contribution < -0.4 is 10.3 Å². The van der Waals surface area contributed by atoms with E-state index < -0.39 is 10.8 Å². The molecule has 2 aromatic carbocycles. The molecule has 0 radical (unpaired) electrons. The molecule has 2 amide bonds. The quantitative estimate of drug-likeness (QED) is 0.489. The van der Waals surface area contributed by atoms with Crippen LogP contribution in [0.1, 0.15) is 23.1 Å². The number of hydrogen-bond donors (Lipinski definition) is 1. The normalized spacial score (nSPS) is 16.6. The molecule has 1 heterocycles. The molecule has 1 saturated heterocycles. The van der Waals surface area contributed by atoms with Gasteiger partial charge in [-0.15, -0.1) is 0 Å². The van der Waals surface area contributed by atoms with Crippen molar-refractivity contribution in [3.8, 4) is 0 Å². The predicted molar refractivity (Wildman–Crippen MR) is 105 cm³/mol. The zero-order chi connectivity index (χ0) is 20.3. The van der Waals surface area contributed by atoms with E-state index in [4.69, 9.17) is 0 Å². The maximum atomic E-state index is 12.4. The van der Waals surface area contributed by atoms with E-state index in [1.54, 1.807) is 17.0 Å². The Labute approximate surface area is 162 Å². The van der Waals surface area contributed by atoms with Crippen LogP contribution in [0.3, 0.4) is 0 Å². The first-order valence-corrected chi connectivity index (χ1v) is 8.80. The smallest absolute Gasteiger partial charge is 0.270 e. The molecular weight excluding hydrogens is 360 g/mol. The van der Waals surface area contributed by atoms with Crippen LogP contribution in [-0.2, 0) is 9.59 Å². The maximum Gasteiger partial charge on any atom is 0.270 e. The average Bonchev–Trinajstić information content (AvgIpc) is 3.05. The summed E-state index contributed by atoms with van der Waals surface area (Å²) in [4.78, 5) is 36.7. The third-order valence-corrected chi connectivity index (χ3v) is 4.62. The zero-order valence-corrected chi connectivity index (χ0v) is 15.6. The van der Waals surface area contributed by atoms with Gasteiger partial charge in [0.25, 0.3) is 5.69 Å². The number of hydrogen-bond acceptors (Lipinski definition) is 5. The Morgan fingerprint density at radius 3 is 2.82 bits per heavy atom. The fraction of sp³-hybridized carbons (Fsp3) is 0.250. The first-order valence-electron chi connectivity index (χ1n) is 8.80. The number of carbonyl (C=O) groups excluding carboxylic acids is 2. The van der Waals surface area contributed by atoms with Gasteiger partial charge in [0.15, 0.2) is 0 Å². The highest BCUT2D eigenvalue weighted by molar-refractivity contribution is 6.01. The van der Waals surface area contributed by atoms with Gasteiger partial charge >= 0.3 is 0 Å². The lowest BCUT2D eigenvalue weighted by atomic mass is 10.1. The van der Waals surface area contributed by atoms with E-state index in [2.05, 4.69) is 10.5 Å². The number of nitrogens with zero attached hydrogens (tertiary/aromatic N) is 3. The number of non-ortho nitro benzene ring substituents is 1. The van der Waals surface area contributed by atoms with Gasteiger partial charge in [0.05, 0.1) is 17.1 Å². The number of nitro benzene ring substituents is 1. The summed E-state index contributed by atoms with van der Waals surface area (Å²) in [7, 11) is 0. The molecule has 1 aliphatic rings. The number of amides is 2. The number of carbonyl (C=O) groups is 2. The highest BCUT2D eigenvalue weighted by Gasteiger charge is 2.35. The van der Waals surface area contributed by atoms with E-state index in [9.17, 15) is 19.7 Å². The fourth-order valence-electron chi connectivity index (χ4n) is 3.11. The highest BCUT2D eigenvalue weighted by atomic mass is 16.6.